The van der Waals surface area contributed by atoms with E-state index < -0.39 is 0 Å². The highest BCUT2D eigenvalue weighted by molar-refractivity contribution is 5.72. The molecule has 2 N–H and O–H groups in total. The van der Waals surface area contributed by atoms with Crippen molar-refractivity contribution in [2.24, 2.45) is 0 Å². The van der Waals surface area contributed by atoms with Gasteiger partial charge in [0.15, 0.2) is 17.3 Å². The van der Waals surface area contributed by atoms with Gasteiger partial charge in [-0.1, -0.05) is 0 Å². The van der Waals surface area contributed by atoms with Gasteiger partial charge in [-0.15, -0.1) is 0 Å². The van der Waals surface area contributed by atoms with Gasteiger partial charge in [0.05, 0.1) is 31.2 Å². The Bertz CT molecular complexity index is 995. The lowest BCUT2D eigenvalue weighted by Gasteiger charge is -2.11. The van der Waals surface area contributed by atoms with Crippen molar-refractivity contribution in [3.8, 4) is 5.88 Å². The van der Waals surface area contributed by atoms with Crippen LogP contribution in [0.5, 0.6) is 5.88 Å². The summed E-state index contributed by atoms with van der Waals surface area (Å²) in [6, 6.07) is 5.34. The minimum Gasteiger partial charge on any atom is -0.481 e. The Morgan fingerprint density at radius 3 is 2.96 bits per heavy atom. The van der Waals surface area contributed by atoms with E-state index in [9.17, 15) is 0 Å². The van der Waals surface area contributed by atoms with E-state index in [1.807, 2.05) is 19.1 Å². The molecular formula is C15H15N9O. The van der Waals surface area contributed by atoms with E-state index in [0.29, 0.717) is 28.7 Å². The molecule has 0 amide bonds. The van der Waals surface area contributed by atoms with Crippen LogP contribution < -0.4 is 10.1 Å². The molecule has 0 saturated heterocycles. The fourth-order valence-electron chi connectivity index (χ4n) is 2.43. The maximum atomic E-state index is 5.07. The Hall–Kier alpha value is -3.56. The maximum absolute atomic E-state index is 5.07. The largest absolute Gasteiger partial charge is 0.481 e. The molecule has 0 aliphatic rings. The van der Waals surface area contributed by atoms with Crippen LogP contribution in [0, 0.1) is 0 Å². The van der Waals surface area contributed by atoms with E-state index in [4.69, 9.17) is 4.74 Å². The third-order valence-electron chi connectivity index (χ3n) is 3.72. The van der Waals surface area contributed by atoms with Crippen LogP contribution in [0.2, 0.25) is 0 Å². The first-order chi connectivity index (χ1) is 12.2. The van der Waals surface area contributed by atoms with Crippen LogP contribution in [0.15, 0.2) is 36.8 Å². The summed E-state index contributed by atoms with van der Waals surface area (Å²) in [5.74, 6) is 1.69. The van der Waals surface area contributed by atoms with Gasteiger partial charge in [0.2, 0.25) is 5.88 Å². The molecule has 0 aliphatic heterocycles. The predicted molar refractivity (Wildman–Crippen MR) is 89.6 cm³/mol. The molecule has 0 aliphatic carbocycles. The van der Waals surface area contributed by atoms with Gasteiger partial charge in [-0.2, -0.15) is 20.4 Å². The Kier molecular flexibility index (Phi) is 3.69. The Morgan fingerprint density at radius 2 is 2.20 bits per heavy atom. The topological polar surface area (TPSA) is 119 Å². The van der Waals surface area contributed by atoms with Crippen molar-refractivity contribution in [2.75, 3.05) is 12.4 Å². The first-order valence-electron chi connectivity index (χ1n) is 7.59. The zero-order valence-corrected chi connectivity index (χ0v) is 13.6. The van der Waals surface area contributed by atoms with Crippen LogP contribution in [0.25, 0.3) is 11.2 Å². The van der Waals surface area contributed by atoms with Crippen molar-refractivity contribution in [3.05, 3.63) is 42.5 Å². The summed E-state index contributed by atoms with van der Waals surface area (Å²) in [4.78, 5) is 8.98. The van der Waals surface area contributed by atoms with E-state index in [1.165, 1.54) is 0 Å². The normalized spacial score (nSPS) is 12.2. The number of aromatic nitrogens is 8. The van der Waals surface area contributed by atoms with Gasteiger partial charge in [-0.05, 0) is 19.1 Å². The highest BCUT2D eigenvalue weighted by atomic mass is 16.5. The molecule has 1 atom stereocenters. The quantitative estimate of drug-likeness (QED) is 0.565. The van der Waals surface area contributed by atoms with Crippen LogP contribution in [0.1, 0.15) is 18.7 Å². The van der Waals surface area contributed by atoms with Crippen LogP contribution in [0.3, 0.4) is 0 Å². The number of nitrogens with zero attached hydrogens (tertiary/aromatic N) is 7. The lowest BCUT2D eigenvalue weighted by molar-refractivity contribution is 0.397. The number of fused-ring (bicyclic) bond motifs is 1. The molecule has 10 heteroatoms. The van der Waals surface area contributed by atoms with E-state index >= 15 is 0 Å². The van der Waals surface area contributed by atoms with Crippen molar-refractivity contribution >= 4 is 22.8 Å². The zero-order valence-electron chi connectivity index (χ0n) is 13.6. The first kappa shape index (κ1) is 15.0. The van der Waals surface area contributed by atoms with Crippen molar-refractivity contribution in [3.63, 3.8) is 0 Å². The SMILES string of the molecule is COc1cc(Nc2cnc3cnn([C@H](C)c4cccnn4)c3n2)n[nH]1. The molecule has 126 valence electrons. The summed E-state index contributed by atoms with van der Waals surface area (Å²) >= 11 is 0. The second kappa shape index (κ2) is 6.15. The predicted octanol–water partition coefficient (Wildman–Crippen LogP) is 1.70. The molecule has 0 radical (unpaired) electrons. The monoisotopic (exact) mass is 337 g/mol. The lowest BCUT2D eigenvalue weighted by atomic mass is 10.2. The lowest BCUT2D eigenvalue weighted by Crippen LogP contribution is -2.11. The number of hydrogen-bond acceptors (Lipinski definition) is 8. The number of H-pyrrole nitrogens is 1. The van der Waals surface area contributed by atoms with Gasteiger partial charge in [0.25, 0.3) is 0 Å². The average Bonchev–Trinajstić information content (AvgIpc) is 3.28. The molecule has 0 bridgehead atoms. The van der Waals surface area contributed by atoms with E-state index in [1.54, 1.807) is 36.4 Å². The van der Waals surface area contributed by atoms with Gasteiger partial charge < -0.3 is 10.1 Å². The van der Waals surface area contributed by atoms with Gasteiger partial charge in [0, 0.05) is 12.3 Å². The van der Waals surface area contributed by atoms with Gasteiger partial charge in [-0.3, -0.25) is 0 Å². The molecule has 4 aromatic rings. The third-order valence-corrected chi connectivity index (χ3v) is 3.72. The van der Waals surface area contributed by atoms with Crippen molar-refractivity contribution in [1.29, 1.82) is 0 Å². The molecule has 0 spiro atoms. The second-order valence-electron chi connectivity index (χ2n) is 5.32. The van der Waals surface area contributed by atoms with Gasteiger partial charge >= 0.3 is 0 Å². The van der Waals surface area contributed by atoms with E-state index in [-0.39, 0.29) is 6.04 Å². The second-order valence-corrected chi connectivity index (χ2v) is 5.32. The van der Waals surface area contributed by atoms with Gasteiger partial charge in [0.1, 0.15) is 5.52 Å². The Morgan fingerprint density at radius 1 is 1.28 bits per heavy atom. The van der Waals surface area contributed by atoms with Crippen LogP contribution in [0.4, 0.5) is 11.6 Å². The summed E-state index contributed by atoms with van der Waals surface area (Å²) in [5, 5.41) is 22.4. The standard InChI is InChI=1S/C15H15N9O/c1-9(10-4-3-5-17-21-10)24-15-11(7-18-24)16-8-13(20-15)19-12-6-14(25-2)23-22-12/h3-9H,1-2H3,(H2,19,20,22,23)/t9-/m1/s1. The summed E-state index contributed by atoms with van der Waals surface area (Å²) in [6.45, 7) is 1.98. The van der Waals surface area contributed by atoms with Crippen molar-refractivity contribution in [1.82, 2.24) is 40.1 Å². The minimum absolute atomic E-state index is 0.124. The number of methoxy groups -OCH3 is 1. The molecule has 10 nitrogen and oxygen atoms in total. The Balaban J connectivity index is 1.67. The molecule has 0 aromatic carbocycles. The number of hydrogen-bond donors (Lipinski definition) is 2. The molecule has 4 rings (SSSR count). The summed E-state index contributed by atoms with van der Waals surface area (Å²) in [7, 11) is 1.57. The summed E-state index contributed by atoms with van der Waals surface area (Å²) in [6.07, 6.45) is 4.94. The molecule has 4 heterocycles. The third kappa shape index (κ3) is 2.84. The fourth-order valence-corrected chi connectivity index (χ4v) is 2.43. The number of ether oxygens (including phenoxy) is 1. The maximum Gasteiger partial charge on any atom is 0.210 e. The van der Waals surface area contributed by atoms with Crippen LogP contribution in [-0.2, 0) is 0 Å². The summed E-state index contributed by atoms with van der Waals surface area (Å²) in [5.41, 5.74) is 2.14. The van der Waals surface area contributed by atoms with E-state index in [0.717, 1.165) is 5.69 Å². The van der Waals surface area contributed by atoms with Crippen molar-refractivity contribution in [2.45, 2.75) is 13.0 Å². The molecule has 0 unspecified atom stereocenters. The number of nitrogens with one attached hydrogen (secondary N) is 2. The Labute approximate surface area is 142 Å². The number of rotatable bonds is 5. The minimum atomic E-state index is -0.124. The first-order valence-corrected chi connectivity index (χ1v) is 7.59. The molecule has 0 fully saturated rings. The smallest absolute Gasteiger partial charge is 0.210 e. The molecule has 0 saturated carbocycles. The molecular weight excluding hydrogens is 322 g/mol. The van der Waals surface area contributed by atoms with Gasteiger partial charge in [-0.25, -0.2) is 19.7 Å². The van der Waals surface area contributed by atoms with Crippen LogP contribution >= 0.6 is 0 Å². The van der Waals surface area contributed by atoms with Crippen LogP contribution in [-0.4, -0.2) is 47.3 Å². The average molecular weight is 337 g/mol. The summed E-state index contributed by atoms with van der Waals surface area (Å²) < 4.78 is 6.84. The highest BCUT2D eigenvalue weighted by Crippen LogP contribution is 2.22. The molecule has 25 heavy (non-hydrogen) atoms. The zero-order chi connectivity index (χ0) is 17.2. The highest BCUT2D eigenvalue weighted by Gasteiger charge is 2.16. The number of aromatic amines is 1. The van der Waals surface area contributed by atoms with E-state index in [2.05, 4.69) is 40.8 Å². The molecule has 4 aromatic heterocycles. The van der Waals surface area contributed by atoms with Crippen molar-refractivity contribution < 1.29 is 4.74 Å². The number of anilines is 2. The fraction of sp³-hybridized carbons (Fsp3) is 0.200.